The lowest BCUT2D eigenvalue weighted by molar-refractivity contribution is -0.384. The van der Waals surface area contributed by atoms with E-state index in [0.717, 1.165) is 25.9 Å². The molecule has 4 rings (SSSR count). The molecule has 0 amide bonds. The Morgan fingerprint density at radius 1 is 1.07 bits per heavy atom. The number of non-ortho nitro benzene ring substituents is 1. The molecule has 7 nitrogen and oxygen atoms in total. The number of benzene rings is 2. The maximum Gasteiger partial charge on any atom is 0.345 e. The average Bonchev–Trinajstić information content (AvgIpc) is 3.19. The summed E-state index contributed by atoms with van der Waals surface area (Å²) >= 11 is 0. The summed E-state index contributed by atoms with van der Waals surface area (Å²) in [5.74, 6) is -0.0999. The SMILES string of the molecule is O=c1oc2ccccc2c(O)c1C(c1ccc([N+](=O)[O-])cc1)N1CCCC1. The van der Waals surface area contributed by atoms with Crippen LogP contribution in [0.25, 0.3) is 11.0 Å². The number of para-hydroxylation sites is 1. The second-order valence-corrected chi connectivity index (χ2v) is 6.64. The number of fused-ring (bicyclic) bond motifs is 1. The molecule has 1 aliphatic heterocycles. The summed E-state index contributed by atoms with van der Waals surface area (Å²) in [7, 11) is 0. The number of hydrogen-bond acceptors (Lipinski definition) is 6. The standard InChI is InChI=1S/C20H18N2O5/c23-19-15-5-1-2-6-16(15)27-20(24)17(19)18(21-11-3-4-12-21)13-7-9-14(10-8-13)22(25)26/h1-2,5-10,18,23H,3-4,11-12H2. The number of nitrogens with zero attached hydrogens (tertiary/aromatic N) is 2. The fourth-order valence-corrected chi connectivity index (χ4v) is 3.73. The maximum absolute atomic E-state index is 12.7. The number of likely N-dealkylation sites (tertiary alicyclic amines) is 1. The number of rotatable bonds is 4. The zero-order valence-electron chi connectivity index (χ0n) is 14.5. The molecule has 1 N–H and O–H groups in total. The Morgan fingerprint density at radius 2 is 1.74 bits per heavy atom. The number of hydrogen-bond donors (Lipinski definition) is 1. The molecule has 27 heavy (non-hydrogen) atoms. The van der Waals surface area contributed by atoms with Gasteiger partial charge in [-0.05, 0) is 43.6 Å². The molecule has 2 aromatic carbocycles. The third-order valence-corrected chi connectivity index (χ3v) is 5.02. The van der Waals surface area contributed by atoms with Crippen LogP contribution >= 0.6 is 0 Å². The lowest BCUT2D eigenvalue weighted by Crippen LogP contribution is -2.30. The highest BCUT2D eigenvalue weighted by molar-refractivity contribution is 5.84. The topological polar surface area (TPSA) is 96.8 Å². The van der Waals surface area contributed by atoms with Crippen molar-refractivity contribution in [1.29, 1.82) is 0 Å². The molecule has 1 aliphatic rings. The zero-order valence-corrected chi connectivity index (χ0v) is 14.5. The largest absolute Gasteiger partial charge is 0.507 e. The predicted octanol–water partition coefficient (Wildman–Crippen LogP) is 3.59. The molecule has 0 saturated carbocycles. The third kappa shape index (κ3) is 3.06. The number of aromatic hydroxyl groups is 1. The highest BCUT2D eigenvalue weighted by atomic mass is 16.6. The summed E-state index contributed by atoms with van der Waals surface area (Å²) < 4.78 is 5.45. The van der Waals surface area contributed by atoms with Crippen molar-refractivity contribution in [2.75, 3.05) is 13.1 Å². The van der Waals surface area contributed by atoms with Crippen molar-refractivity contribution in [1.82, 2.24) is 4.90 Å². The van der Waals surface area contributed by atoms with Crippen molar-refractivity contribution in [3.63, 3.8) is 0 Å². The van der Waals surface area contributed by atoms with Gasteiger partial charge in [0.25, 0.3) is 5.69 Å². The minimum Gasteiger partial charge on any atom is -0.507 e. The summed E-state index contributed by atoms with van der Waals surface area (Å²) in [6.07, 6.45) is 1.98. The molecule has 0 radical (unpaired) electrons. The van der Waals surface area contributed by atoms with Crippen LogP contribution in [0.1, 0.15) is 30.0 Å². The minimum absolute atomic E-state index is 0.0197. The van der Waals surface area contributed by atoms with Crippen LogP contribution in [0.15, 0.2) is 57.7 Å². The first-order valence-corrected chi connectivity index (χ1v) is 8.79. The van der Waals surface area contributed by atoms with Crippen molar-refractivity contribution in [2.24, 2.45) is 0 Å². The van der Waals surface area contributed by atoms with Crippen LogP contribution in [0, 0.1) is 10.1 Å². The molecule has 1 atom stereocenters. The maximum atomic E-state index is 12.7. The van der Waals surface area contributed by atoms with E-state index >= 15 is 0 Å². The van der Waals surface area contributed by atoms with Gasteiger partial charge < -0.3 is 9.52 Å². The summed E-state index contributed by atoms with van der Waals surface area (Å²) in [6, 6.07) is 12.4. The van der Waals surface area contributed by atoms with Crippen molar-refractivity contribution < 1.29 is 14.4 Å². The predicted molar refractivity (Wildman–Crippen MR) is 99.9 cm³/mol. The minimum atomic E-state index is -0.596. The Balaban J connectivity index is 1.90. The van der Waals surface area contributed by atoms with Crippen LogP contribution in [-0.4, -0.2) is 28.0 Å². The van der Waals surface area contributed by atoms with E-state index in [0.29, 0.717) is 16.5 Å². The van der Waals surface area contributed by atoms with Crippen molar-refractivity contribution >= 4 is 16.7 Å². The van der Waals surface area contributed by atoms with E-state index in [1.807, 2.05) is 0 Å². The van der Waals surface area contributed by atoms with E-state index in [4.69, 9.17) is 4.42 Å². The van der Waals surface area contributed by atoms with E-state index in [-0.39, 0.29) is 17.0 Å². The van der Waals surface area contributed by atoms with Gasteiger partial charge in [0.15, 0.2) is 0 Å². The monoisotopic (exact) mass is 366 g/mol. The molecule has 2 heterocycles. The lowest BCUT2D eigenvalue weighted by atomic mass is 9.96. The third-order valence-electron chi connectivity index (χ3n) is 5.02. The summed E-state index contributed by atoms with van der Waals surface area (Å²) in [5, 5.41) is 22.3. The Morgan fingerprint density at radius 3 is 2.41 bits per heavy atom. The molecular formula is C20H18N2O5. The van der Waals surface area contributed by atoms with Crippen LogP contribution in [0.5, 0.6) is 5.75 Å². The molecule has 1 saturated heterocycles. The Hall–Kier alpha value is -3.19. The van der Waals surface area contributed by atoms with Gasteiger partial charge in [-0.1, -0.05) is 24.3 Å². The van der Waals surface area contributed by atoms with Crippen LogP contribution < -0.4 is 5.63 Å². The second-order valence-electron chi connectivity index (χ2n) is 6.64. The first-order valence-electron chi connectivity index (χ1n) is 8.79. The summed E-state index contributed by atoms with van der Waals surface area (Å²) in [6.45, 7) is 1.54. The quantitative estimate of drug-likeness (QED) is 0.430. The van der Waals surface area contributed by atoms with Gasteiger partial charge in [-0.2, -0.15) is 0 Å². The highest BCUT2D eigenvalue weighted by Gasteiger charge is 2.31. The van der Waals surface area contributed by atoms with Crippen LogP contribution in [0.2, 0.25) is 0 Å². The summed E-state index contributed by atoms with van der Waals surface area (Å²) in [5.41, 5.74) is 0.590. The van der Waals surface area contributed by atoms with E-state index in [1.165, 1.54) is 12.1 Å². The number of nitro groups is 1. The fraction of sp³-hybridized carbons (Fsp3) is 0.250. The molecule has 3 aromatic rings. The van der Waals surface area contributed by atoms with E-state index in [1.54, 1.807) is 36.4 Å². The smallest absolute Gasteiger partial charge is 0.345 e. The van der Waals surface area contributed by atoms with Crippen molar-refractivity contribution in [2.45, 2.75) is 18.9 Å². The molecular weight excluding hydrogens is 348 g/mol. The van der Waals surface area contributed by atoms with E-state index in [9.17, 15) is 20.0 Å². The first-order chi connectivity index (χ1) is 13.1. The average molecular weight is 366 g/mol. The Bertz CT molecular complexity index is 1050. The molecule has 0 aliphatic carbocycles. The van der Waals surface area contributed by atoms with Gasteiger partial charge >= 0.3 is 5.63 Å². The van der Waals surface area contributed by atoms with Gasteiger partial charge in [-0.25, -0.2) is 4.79 Å². The number of nitro benzene ring substituents is 1. The summed E-state index contributed by atoms with van der Waals surface area (Å²) in [4.78, 5) is 25.3. The van der Waals surface area contributed by atoms with Crippen molar-refractivity contribution in [3.05, 3.63) is 80.2 Å². The molecule has 1 fully saturated rings. The van der Waals surface area contributed by atoms with Crippen LogP contribution in [-0.2, 0) is 0 Å². The first kappa shape index (κ1) is 17.2. The molecule has 7 heteroatoms. The van der Waals surface area contributed by atoms with E-state index in [2.05, 4.69) is 4.90 Å². The van der Waals surface area contributed by atoms with Crippen molar-refractivity contribution in [3.8, 4) is 5.75 Å². The fourth-order valence-electron chi connectivity index (χ4n) is 3.73. The van der Waals surface area contributed by atoms with Crippen LogP contribution in [0.4, 0.5) is 5.69 Å². The molecule has 1 unspecified atom stereocenters. The van der Waals surface area contributed by atoms with Gasteiger partial charge in [0.2, 0.25) is 0 Å². The van der Waals surface area contributed by atoms with Gasteiger partial charge in [0.05, 0.1) is 16.4 Å². The Kier molecular flexibility index (Phi) is 4.37. The zero-order chi connectivity index (χ0) is 19.0. The molecule has 0 spiro atoms. The normalized spacial score (nSPS) is 15.9. The van der Waals surface area contributed by atoms with Gasteiger partial charge in [0, 0.05) is 12.1 Å². The van der Waals surface area contributed by atoms with Gasteiger partial charge in [-0.15, -0.1) is 0 Å². The van der Waals surface area contributed by atoms with Gasteiger partial charge in [0.1, 0.15) is 16.9 Å². The molecule has 138 valence electrons. The second kappa shape index (κ2) is 6.85. The highest BCUT2D eigenvalue weighted by Crippen LogP contribution is 2.38. The molecule has 1 aromatic heterocycles. The lowest BCUT2D eigenvalue weighted by Gasteiger charge is -2.28. The van der Waals surface area contributed by atoms with Crippen LogP contribution in [0.3, 0.4) is 0 Å². The Labute approximate surface area is 154 Å². The van der Waals surface area contributed by atoms with Gasteiger partial charge in [-0.3, -0.25) is 15.0 Å². The van der Waals surface area contributed by atoms with E-state index < -0.39 is 16.6 Å². The molecule has 0 bridgehead atoms.